The number of rotatable bonds is 4. The first kappa shape index (κ1) is 13.5. The summed E-state index contributed by atoms with van der Waals surface area (Å²) in [6.45, 7) is 6.54. The van der Waals surface area contributed by atoms with E-state index in [1.54, 1.807) is 12.4 Å². The van der Waals surface area contributed by atoms with Gasteiger partial charge in [0.2, 0.25) is 0 Å². The molecule has 0 bridgehead atoms. The molecule has 0 aliphatic heterocycles. The van der Waals surface area contributed by atoms with Gasteiger partial charge in [0.1, 0.15) is 0 Å². The van der Waals surface area contributed by atoms with Gasteiger partial charge in [-0.25, -0.2) is 0 Å². The number of hydrogen-bond acceptors (Lipinski definition) is 3. The Bertz CT molecular complexity index is 370. The molecular formula is C15H25N3. The van der Waals surface area contributed by atoms with Crippen LogP contribution in [0.15, 0.2) is 12.4 Å². The molecule has 0 spiro atoms. The van der Waals surface area contributed by atoms with E-state index in [0.29, 0.717) is 12.1 Å². The highest BCUT2D eigenvalue weighted by molar-refractivity contribution is 5.12. The first-order chi connectivity index (χ1) is 8.70. The largest absolute Gasteiger partial charge is 0.306 e. The van der Waals surface area contributed by atoms with Crippen molar-refractivity contribution < 1.29 is 0 Å². The summed E-state index contributed by atoms with van der Waals surface area (Å²) < 4.78 is 0. The molecule has 1 N–H and O–H groups in total. The van der Waals surface area contributed by atoms with E-state index in [9.17, 15) is 0 Å². The van der Waals surface area contributed by atoms with E-state index < -0.39 is 0 Å². The molecule has 3 nitrogen and oxygen atoms in total. The summed E-state index contributed by atoms with van der Waals surface area (Å²) in [7, 11) is 0. The average molecular weight is 247 g/mol. The van der Waals surface area contributed by atoms with Crippen LogP contribution in [0.3, 0.4) is 0 Å². The van der Waals surface area contributed by atoms with Gasteiger partial charge < -0.3 is 5.32 Å². The molecule has 1 heterocycles. The molecule has 1 aliphatic rings. The highest BCUT2D eigenvalue weighted by atomic mass is 15.0. The predicted molar refractivity (Wildman–Crippen MR) is 74.4 cm³/mol. The standard InChI is InChI=1S/C15H25N3/c1-4-13-5-7-14(8-6-13)18-12(3)15-11(2)16-9-10-17-15/h9-10,12-14,18H,4-8H2,1-3H3. The van der Waals surface area contributed by atoms with Crippen LogP contribution in [0.25, 0.3) is 0 Å². The van der Waals surface area contributed by atoms with Crippen molar-refractivity contribution in [2.45, 2.75) is 65.0 Å². The molecule has 1 saturated carbocycles. The summed E-state index contributed by atoms with van der Waals surface area (Å²) in [5.74, 6) is 0.955. The van der Waals surface area contributed by atoms with Crippen molar-refractivity contribution in [1.82, 2.24) is 15.3 Å². The zero-order chi connectivity index (χ0) is 13.0. The van der Waals surface area contributed by atoms with Crippen LogP contribution < -0.4 is 5.32 Å². The molecule has 0 saturated heterocycles. The number of hydrogen-bond donors (Lipinski definition) is 1. The highest BCUT2D eigenvalue weighted by Crippen LogP contribution is 2.27. The summed E-state index contributed by atoms with van der Waals surface area (Å²) in [5, 5.41) is 3.72. The molecule has 0 radical (unpaired) electrons. The van der Waals surface area contributed by atoms with Crippen molar-refractivity contribution in [1.29, 1.82) is 0 Å². The minimum Gasteiger partial charge on any atom is -0.306 e. The zero-order valence-electron chi connectivity index (χ0n) is 11.8. The van der Waals surface area contributed by atoms with Gasteiger partial charge in [-0.1, -0.05) is 13.3 Å². The molecule has 100 valence electrons. The van der Waals surface area contributed by atoms with Gasteiger partial charge in [-0.3, -0.25) is 9.97 Å². The van der Waals surface area contributed by atoms with Crippen LogP contribution >= 0.6 is 0 Å². The van der Waals surface area contributed by atoms with E-state index in [2.05, 4.69) is 29.1 Å². The van der Waals surface area contributed by atoms with Crippen LogP contribution in [0.5, 0.6) is 0 Å². The second-order valence-corrected chi connectivity index (χ2v) is 5.54. The Morgan fingerprint density at radius 1 is 1.22 bits per heavy atom. The fourth-order valence-corrected chi connectivity index (χ4v) is 3.01. The van der Waals surface area contributed by atoms with Gasteiger partial charge in [0, 0.05) is 24.5 Å². The second-order valence-electron chi connectivity index (χ2n) is 5.54. The van der Waals surface area contributed by atoms with Gasteiger partial charge >= 0.3 is 0 Å². The summed E-state index contributed by atoms with van der Waals surface area (Å²) in [6.07, 6.45) is 10.3. The van der Waals surface area contributed by atoms with Crippen molar-refractivity contribution in [2.75, 3.05) is 0 Å². The third-order valence-electron chi connectivity index (χ3n) is 4.24. The van der Waals surface area contributed by atoms with Crippen LogP contribution in [0, 0.1) is 12.8 Å². The summed E-state index contributed by atoms with van der Waals surface area (Å²) in [4.78, 5) is 8.77. The van der Waals surface area contributed by atoms with Gasteiger partial charge in [0.15, 0.2) is 0 Å². The lowest BCUT2D eigenvalue weighted by molar-refractivity contribution is 0.272. The van der Waals surface area contributed by atoms with E-state index in [0.717, 1.165) is 17.3 Å². The van der Waals surface area contributed by atoms with Crippen molar-refractivity contribution >= 4 is 0 Å². The van der Waals surface area contributed by atoms with Crippen LogP contribution in [-0.4, -0.2) is 16.0 Å². The maximum atomic E-state index is 4.45. The topological polar surface area (TPSA) is 37.8 Å². The molecule has 1 fully saturated rings. The van der Waals surface area contributed by atoms with Crippen molar-refractivity contribution in [2.24, 2.45) is 5.92 Å². The quantitative estimate of drug-likeness (QED) is 0.886. The zero-order valence-corrected chi connectivity index (χ0v) is 11.8. The van der Waals surface area contributed by atoms with E-state index in [1.807, 2.05) is 6.92 Å². The molecule has 1 aromatic rings. The lowest BCUT2D eigenvalue weighted by Crippen LogP contribution is -2.35. The molecule has 1 atom stereocenters. The molecular weight excluding hydrogens is 222 g/mol. The van der Waals surface area contributed by atoms with E-state index in [1.165, 1.54) is 32.1 Å². The maximum absolute atomic E-state index is 4.45. The fourth-order valence-electron chi connectivity index (χ4n) is 3.01. The lowest BCUT2D eigenvalue weighted by Gasteiger charge is -2.30. The Hall–Kier alpha value is -0.960. The van der Waals surface area contributed by atoms with Crippen LogP contribution in [0.2, 0.25) is 0 Å². The lowest BCUT2D eigenvalue weighted by atomic mass is 9.84. The molecule has 18 heavy (non-hydrogen) atoms. The van der Waals surface area contributed by atoms with Crippen molar-refractivity contribution in [3.8, 4) is 0 Å². The third-order valence-corrected chi connectivity index (χ3v) is 4.24. The van der Waals surface area contributed by atoms with Gasteiger partial charge in [0.05, 0.1) is 11.4 Å². The molecule has 2 rings (SSSR count). The van der Waals surface area contributed by atoms with Crippen molar-refractivity contribution in [3.05, 3.63) is 23.8 Å². The Morgan fingerprint density at radius 3 is 2.50 bits per heavy atom. The Balaban J connectivity index is 1.89. The minimum absolute atomic E-state index is 0.307. The maximum Gasteiger partial charge on any atom is 0.0782 e. The van der Waals surface area contributed by atoms with E-state index >= 15 is 0 Å². The number of aryl methyl sites for hydroxylation is 1. The minimum atomic E-state index is 0.307. The number of aromatic nitrogens is 2. The van der Waals surface area contributed by atoms with Crippen molar-refractivity contribution in [3.63, 3.8) is 0 Å². The van der Waals surface area contributed by atoms with Gasteiger partial charge in [0.25, 0.3) is 0 Å². The normalized spacial score (nSPS) is 25.9. The fraction of sp³-hybridized carbons (Fsp3) is 0.733. The Kier molecular flexibility index (Phi) is 4.70. The molecule has 0 amide bonds. The summed E-state index contributed by atoms with van der Waals surface area (Å²) in [5.41, 5.74) is 2.13. The first-order valence-corrected chi connectivity index (χ1v) is 7.24. The Labute approximate surface area is 110 Å². The Morgan fingerprint density at radius 2 is 1.89 bits per heavy atom. The molecule has 3 heteroatoms. The molecule has 1 unspecified atom stereocenters. The number of nitrogens with zero attached hydrogens (tertiary/aromatic N) is 2. The highest BCUT2D eigenvalue weighted by Gasteiger charge is 2.22. The average Bonchev–Trinajstić information content (AvgIpc) is 2.40. The van der Waals surface area contributed by atoms with Crippen LogP contribution in [-0.2, 0) is 0 Å². The predicted octanol–water partition coefficient (Wildman–Crippen LogP) is 3.40. The first-order valence-electron chi connectivity index (χ1n) is 7.24. The smallest absolute Gasteiger partial charge is 0.0782 e. The van der Waals surface area contributed by atoms with Gasteiger partial charge in [-0.05, 0) is 45.4 Å². The summed E-state index contributed by atoms with van der Waals surface area (Å²) >= 11 is 0. The summed E-state index contributed by atoms with van der Waals surface area (Å²) in [6, 6.07) is 0.964. The second kappa shape index (κ2) is 6.28. The molecule has 0 aromatic carbocycles. The van der Waals surface area contributed by atoms with Crippen LogP contribution in [0.4, 0.5) is 0 Å². The van der Waals surface area contributed by atoms with Crippen LogP contribution in [0.1, 0.15) is 63.4 Å². The number of nitrogens with one attached hydrogen (secondary N) is 1. The molecule has 1 aromatic heterocycles. The van der Waals surface area contributed by atoms with E-state index in [4.69, 9.17) is 0 Å². The molecule has 1 aliphatic carbocycles. The SMILES string of the molecule is CCC1CCC(NC(C)c2nccnc2C)CC1. The van der Waals surface area contributed by atoms with E-state index in [-0.39, 0.29) is 0 Å². The third kappa shape index (κ3) is 3.29. The van der Waals surface area contributed by atoms with Gasteiger partial charge in [-0.15, -0.1) is 0 Å². The van der Waals surface area contributed by atoms with Gasteiger partial charge in [-0.2, -0.15) is 0 Å². The monoisotopic (exact) mass is 247 g/mol.